The number of hydrogen-bond donors (Lipinski definition) is 1. The molecule has 1 amide bonds. The second-order valence-corrected chi connectivity index (χ2v) is 5.79. The van der Waals surface area contributed by atoms with E-state index in [0.29, 0.717) is 22.1 Å². The largest absolute Gasteiger partial charge is 0.494 e. The molecule has 10 nitrogen and oxygen atoms in total. The molecule has 11 heteroatoms. The summed E-state index contributed by atoms with van der Waals surface area (Å²) in [6.45, 7) is -0.162. The molecule has 0 aliphatic carbocycles. The van der Waals surface area contributed by atoms with E-state index in [-0.39, 0.29) is 18.0 Å². The summed E-state index contributed by atoms with van der Waals surface area (Å²) in [4.78, 5) is 22.7. The van der Waals surface area contributed by atoms with Gasteiger partial charge in [0.2, 0.25) is 5.91 Å². The van der Waals surface area contributed by atoms with Gasteiger partial charge in [-0.3, -0.25) is 14.9 Å². The fourth-order valence-corrected chi connectivity index (χ4v) is 2.47. The van der Waals surface area contributed by atoms with Crippen molar-refractivity contribution in [3.63, 3.8) is 0 Å². The molecule has 0 saturated carbocycles. The van der Waals surface area contributed by atoms with Gasteiger partial charge in [0, 0.05) is 16.7 Å². The zero-order valence-corrected chi connectivity index (χ0v) is 14.8. The molecule has 0 spiro atoms. The van der Waals surface area contributed by atoms with Gasteiger partial charge >= 0.3 is 0 Å². The molecule has 138 valence electrons. The van der Waals surface area contributed by atoms with Crippen LogP contribution in [0.1, 0.15) is 0 Å². The highest BCUT2D eigenvalue weighted by Gasteiger charge is 2.16. The van der Waals surface area contributed by atoms with E-state index in [1.54, 1.807) is 24.3 Å². The molecule has 0 aliphatic heterocycles. The van der Waals surface area contributed by atoms with E-state index < -0.39 is 10.8 Å². The number of rotatable bonds is 6. The Labute approximate surface area is 157 Å². The third-order valence-corrected chi connectivity index (χ3v) is 3.85. The van der Waals surface area contributed by atoms with Gasteiger partial charge in [0.25, 0.3) is 5.69 Å². The van der Waals surface area contributed by atoms with Crippen LogP contribution in [-0.4, -0.2) is 38.1 Å². The van der Waals surface area contributed by atoms with Crippen LogP contribution in [0.3, 0.4) is 0 Å². The molecule has 0 saturated heterocycles. The Hall–Kier alpha value is -3.53. The van der Waals surface area contributed by atoms with Crippen molar-refractivity contribution in [1.82, 2.24) is 20.2 Å². The first-order valence-electron chi connectivity index (χ1n) is 7.62. The van der Waals surface area contributed by atoms with Crippen LogP contribution in [0.15, 0.2) is 42.5 Å². The summed E-state index contributed by atoms with van der Waals surface area (Å²) in [6.07, 6.45) is 0. The Morgan fingerprint density at radius 3 is 2.70 bits per heavy atom. The molecule has 0 bridgehead atoms. The van der Waals surface area contributed by atoms with E-state index in [2.05, 4.69) is 20.8 Å². The molecule has 3 rings (SSSR count). The van der Waals surface area contributed by atoms with Gasteiger partial charge in [0.1, 0.15) is 12.3 Å². The molecule has 2 aromatic carbocycles. The molecule has 0 aliphatic rings. The van der Waals surface area contributed by atoms with Crippen molar-refractivity contribution in [3.05, 3.63) is 57.6 Å². The number of benzene rings is 2. The van der Waals surface area contributed by atoms with Crippen molar-refractivity contribution in [2.75, 3.05) is 12.4 Å². The third kappa shape index (κ3) is 4.18. The van der Waals surface area contributed by atoms with Gasteiger partial charge in [-0.2, -0.15) is 0 Å². The van der Waals surface area contributed by atoms with Gasteiger partial charge < -0.3 is 10.1 Å². The van der Waals surface area contributed by atoms with E-state index in [0.717, 1.165) is 0 Å². The number of hydrogen-bond acceptors (Lipinski definition) is 7. The number of methoxy groups -OCH3 is 1. The van der Waals surface area contributed by atoms with Crippen molar-refractivity contribution in [2.45, 2.75) is 6.54 Å². The molecule has 0 atom stereocenters. The maximum Gasteiger partial charge on any atom is 0.273 e. The Morgan fingerprint density at radius 2 is 2.04 bits per heavy atom. The summed E-state index contributed by atoms with van der Waals surface area (Å²) in [5.41, 5.74) is 0.856. The lowest BCUT2D eigenvalue weighted by molar-refractivity contribution is -0.384. The van der Waals surface area contributed by atoms with Crippen LogP contribution in [0.5, 0.6) is 5.75 Å². The number of amides is 1. The van der Waals surface area contributed by atoms with Gasteiger partial charge in [-0.15, -0.1) is 5.10 Å². The smallest absolute Gasteiger partial charge is 0.273 e. The normalized spacial score (nSPS) is 10.4. The number of nitrogens with one attached hydrogen (secondary N) is 1. The monoisotopic (exact) mass is 388 g/mol. The number of non-ortho nitro benzene ring substituents is 1. The van der Waals surface area contributed by atoms with Crippen LogP contribution in [-0.2, 0) is 11.3 Å². The molecule has 1 N–H and O–H groups in total. The van der Waals surface area contributed by atoms with Gasteiger partial charge in [-0.05, 0) is 40.8 Å². The first-order chi connectivity index (χ1) is 13.0. The number of halogens is 1. The van der Waals surface area contributed by atoms with E-state index in [4.69, 9.17) is 16.3 Å². The highest BCUT2D eigenvalue weighted by molar-refractivity contribution is 6.30. The molecular weight excluding hydrogens is 376 g/mol. The van der Waals surface area contributed by atoms with E-state index in [1.807, 2.05) is 0 Å². The molecule has 3 aromatic rings. The van der Waals surface area contributed by atoms with Crippen LogP contribution in [0, 0.1) is 10.1 Å². The predicted octanol–water partition coefficient (Wildman–Crippen LogP) is 2.55. The Bertz CT molecular complexity index is 989. The quantitative estimate of drug-likeness (QED) is 0.508. The Kier molecular flexibility index (Phi) is 5.27. The molecule has 0 radical (unpaired) electrons. The third-order valence-electron chi connectivity index (χ3n) is 3.60. The van der Waals surface area contributed by atoms with Crippen LogP contribution >= 0.6 is 11.6 Å². The van der Waals surface area contributed by atoms with Crippen molar-refractivity contribution >= 4 is 28.9 Å². The van der Waals surface area contributed by atoms with Crippen molar-refractivity contribution in [2.24, 2.45) is 0 Å². The summed E-state index contributed by atoms with van der Waals surface area (Å²) in [5, 5.41) is 25.4. The summed E-state index contributed by atoms with van der Waals surface area (Å²) in [6, 6.07) is 10.8. The minimum Gasteiger partial charge on any atom is -0.494 e. The lowest BCUT2D eigenvalue weighted by atomic mass is 10.2. The number of carbonyl (C=O) groups is 1. The van der Waals surface area contributed by atoms with E-state index >= 15 is 0 Å². The van der Waals surface area contributed by atoms with Crippen LogP contribution in [0.4, 0.5) is 11.4 Å². The molecule has 0 fully saturated rings. The second kappa shape index (κ2) is 7.79. The first-order valence-corrected chi connectivity index (χ1v) is 8.00. The summed E-state index contributed by atoms with van der Waals surface area (Å²) >= 11 is 5.87. The summed E-state index contributed by atoms with van der Waals surface area (Å²) < 4.78 is 6.43. The number of ether oxygens (including phenoxy) is 1. The predicted molar refractivity (Wildman–Crippen MR) is 96.5 cm³/mol. The van der Waals surface area contributed by atoms with Crippen LogP contribution in [0.2, 0.25) is 5.02 Å². The highest BCUT2D eigenvalue weighted by Crippen LogP contribution is 2.29. The van der Waals surface area contributed by atoms with E-state index in [9.17, 15) is 14.9 Å². The topological polar surface area (TPSA) is 125 Å². The Morgan fingerprint density at radius 1 is 1.30 bits per heavy atom. The first kappa shape index (κ1) is 18.3. The minimum absolute atomic E-state index is 0.143. The fraction of sp³-hybridized carbons (Fsp3) is 0.125. The molecule has 0 unspecified atom stereocenters. The molecule has 27 heavy (non-hydrogen) atoms. The number of carbonyl (C=O) groups excluding carboxylic acids is 1. The molecular formula is C16H13ClN6O4. The zero-order valence-electron chi connectivity index (χ0n) is 14.0. The van der Waals surface area contributed by atoms with Gasteiger partial charge in [0.15, 0.2) is 5.82 Å². The number of aromatic nitrogens is 4. The Balaban J connectivity index is 1.77. The fourth-order valence-electron chi connectivity index (χ4n) is 2.34. The molecule has 1 aromatic heterocycles. The standard InChI is InChI=1S/C16H13ClN6O4/c1-27-14-8-12(23(25)26)6-7-13(14)18-15(24)9-22-16(19-20-21-22)10-2-4-11(17)5-3-10/h2-8H,9H2,1H3,(H,18,24). The van der Waals surface area contributed by atoms with Crippen LogP contribution < -0.4 is 10.1 Å². The molecule has 1 heterocycles. The number of nitrogens with zero attached hydrogens (tertiary/aromatic N) is 5. The van der Waals surface area contributed by atoms with E-state index in [1.165, 1.54) is 30.0 Å². The lowest BCUT2D eigenvalue weighted by Gasteiger charge is -2.10. The van der Waals surface area contributed by atoms with Gasteiger partial charge in [-0.25, -0.2) is 4.68 Å². The minimum atomic E-state index is -0.548. The van der Waals surface area contributed by atoms with Crippen molar-refractivity contribution in [3.8, 4) is 17.1 Å². The average molecular weight is 389 g/mol. The van der Waals surface area contributed by atoms with Crippen molar-refractivity contribution < 1.29 is 14.5 Å². The number of nitro groups is 1. The zero-order chi connectivity index (χ0) is 19.4. The van der Waals surface area contributed by atoms with Crippen molar-refractivity contribution in [1.29, 1.82) is 0 Å². The average Bonchev–Trinajstić information content (AvgIpc) is 3.10. The second-order valence-electron chi connectivity index (χ2n) is 5.36. The summed E-state index contributed by atoms with van der Waals surface area (Å²) in [7, 11) is 1.36. The summed E-state index contributed by atoms with van der Waals surface area (Å²) in [5.74, 6) is 0.148. The highest BCUT2D eigenvalue weighted by atomic mass is 35.5. The van der Waals surface area contributed by atoms with Gasteiger partial charge in [0.05, 0.1) is 23.8 Å². The van der Waals surface area contributed by atoms with Crippen LogP contribution in [0.25, 0.3) is 11.4 Å². The van der Waals surface area contributed by atoms with Gasteiger partial charge in [-0.1, -0.05) is 11.6 Å². The number of tetrazole rings is 1. The SMILES string of the molecule is COc1cc([N+](=O)[O-])ccc1NC(=O)Cn1nnnc1-c1ccc(Cl)cc1. The number of nitro benzene ring substituents is 1. The maximum absolute atomic E-state index is 12.4. The maximum atomic E-state index is 12.4. The number of anilines is 1. The lowest BCUT2D eigenvalue weighted by Crippen LogP contribution is -2.20.